The number of methoxy groups -OCH3 is 1. The monoisotopic (exact) mass is 395 g/mol. The summed E-state index contributed by atoms with van der Waals surface area (Å²) in [5.41, 5.74) is 5.18. The molecule has 1 atom stereocenters. The molecular formula is C23H29N3O3. The number of rotatable bonds is 8. The lowest BCUT2D eigenvalue weighted by Crippen LogP contribution is -2.26. The van der Waals surface area contributed by atoms with Gasteiger partial charge in [-0.1, -0.05) is 38.1 Å². The molecule has 1 heterocycles. The Bertz CT molecular complexity index is 938. The van der Waals surface area contributed by atoms with E-state index in [-0.39, 0.29) is 18.6 Å². The first-order valence-corrected chi connectivity index (χ1v) is 9.86. The van der Waals surface area contributed by atoms with Crippen LogP contribution in [-0.2, 0) is 16.1 Å². The minimum atomic E-state index is -0.389. The standard InChI is InChI=1S/C23H29N3O3/c1-14(2)21(23-25-18-8-6-7-9-19(18)26-23)24-12-17-10-15(3)22(16(4)11-17)29-13-20(27)28-5/h6-11,14,21,24H,12-13H2,1-5H3,(H,25,26). The lowest BCUT2D eigenvalue weighted by Gasteiger charge is -2.21. The van der Waals surface area contributed by atoms with E-state index in [1.807, 2.05) is 38.1 Å². The van der Waals surface area contributed by atoms with Crippen molar-refractivity contribution in [3.8, 4) is 5.75 Å². The van der Waals surface area contributed by atoms with Gasteiger partial charge in [-0.05, 0) is 48.6 Å². The average molecular weight is 396 g/mol. The number of ether oxygens (including phenoxy) is 2. The molecular weight excluding hydrogens is 366 g/mol. The number of nitrogens with zero attached hydrogens (tertiary/aromatic N) is 1. The van der Waals surface area contributed by atoms with Crippen molar-refractivity contribution >= 4 is 17.0 Å². The van der Waals surface area contributed by atoms with Gasteiger partial charge in [-0.25, -0.2) is 9.78 Å². The molecule has 3 rings (SSSR count). The van der Waals surface area contributed by atoms with Gasteiger partial charge in [0.25, 0.3) is 0 Å². The van der Waals surface area contributed by atoms with Gasteiger partial charge in [0.2, 0.25) is 0 Å². The number of benzene rings is 2. The molecule has 6 nitrogen and oxygen atoms in total. The second-order valence-electron chi connectivity index (χ2n) is 7.67. The van der Waals surface area contributed by atoms with Crippen molar-refractivity contribution in [1.29, 1.82) is 0 Å². The number of nitrogens with one attached hydrogen (secondary N) is 2. The second-order valence-corrected chi connectivity index (χ2v) is 7.67. The molecule has 0 radical (unpaired) electrons. The fourth-order valence-corrected chi connectivity index (χ4v) is 3.56. The number of hydrogen-bond donors (Lipinski definition) is 2. The third-order valence-electron chi connectivity index (χ3n) is 4.98. The smallest absolute Gasteiger partial charge is 0.343 e. The van der Waals surface area contributed by atoms with E-state index in [9.17, 15) is 4.79 Å². The van der Waals surface area contributed by atoms with Crippen LogP contribution in [0.15, 0.2) is 36.4 Å². The van der Waals surface area contributed by atoms with Crippen molar-refractivity contribution in [2.24, 2.45) is 5.92 Å². The summed E-state index contributed by atoms with van der Waals surface area (Å²) >= 11 is 0. The second kappa shape index (κ2) is 9.09. The van der Waals surface area contributed by atoms with Crippen LogP contribution in [0.5, 0.6) is 5.75 Å². The molecule has 0 aliphatic heterocycles. The predicted molar refractivity (Wildman–Crippen MR) is 114 cm³/mol. The highest BCUT2D eigenvalue weighted by Crippen LogP contribution is 2.26. The molecule has 0 aliphatic rings. The minimum absolute atomic E-state index is 0.0861. The Morgan fingerprint density at radius 1 is 1.17 bits per heavy atom. The minimum Gasteiger partial charge on any atom is -0.481 e. The van der Waals surface area contributed by atoms with E-state index in [2.05, 4.69) is 41.0 Å². The van der Waals surface area contributed by atoms with E-state index < -0.39 is 0 Å². The normalized spacial score (nSPS) is 12.3. The molecule has 0 spiro atoms. The van der Waals surface area contributed by atoms with E-state index in [1.54, 1.807) is 0 Å². The van der Waals surface area contributed by atoms with Crippen LogP contribution in [-0.4, -0.2) is 29.7 Å². The number of hydrogen-bond acceptors (Lipinski definition) is 5. The molecule has 0 saturated heterocycles. The number of imidazole rings is 1. The summed E-state index contributed by atoms with van der Waals surface area (Å²) in [7, 11) is 1.35. The molecule has 2 N–H and O–H groups in total. The molecule has 0 fully saturated rings. The number of aromatic nitrogens is 2. The number of fused-ring (bicyclic) bond motifs is 1. The first-order chi connectivity index (χ1) is 13.9. The summed E-state index contributed by atoms with van der Waals surface area (Å²) in [6, 6.07) is 12.4. The summed E-state index contributed by atoms with van der Waals surface area (Å²) < 4.78 is 10.3. The molecule has 0 saturated carbocycles. The average Bonchev–Trinajstić information content (AvgIpc) is 3.10. The van der Waals surface area contributed by atoms with E-state index >= 15 is 0 Å². The molecule has 29 heavy (non-hydrogen) atoms. The highest BCUT2D eigenvalue weighted by atomic mass is 16.6. The maximum atomic E-state index is 11.3. The quantitative estimate of drug-likeness (QED) is 0.559. The third kappa shape index (κ3) is 4.95. The number of esters is 1. The SMILES string of the molecule is COC(=O)COc1c(C)cc(CNC(c2nc3ccccc3[nH]2)C(C)C)cc1C. The van der Waals surface area contributed by atoms with Crippen molar-refractivity contribution in [3.05, 3.63) is 58.9 Å². The topological polar surface area (TPSA) is 76.2 Å². The first kappa shape index (κ1) is 20.9. The maximum Gasteiger partial charge on any atom is 0.343 e. The van der Waals surface area contributed by atoms with Crippen LogP contribution >= 0.6 is 0 Å². The number of carbonyl (C=O) groups is 1. The molecule has 0 bridgehead atoms. The number of aryl methyl sites for hydroxylation is 2. The summed E-state index contributed by atoms with van der Waals surface area (Å²) in [5.74, 6) is 1.67. The van der Waals surface area contributed by atoms with Gasteiger partial charge >= 0.3 is 5.97 Å². The van der Waals surface area contributed by atoms with E-state index in [0.717, 1.165) is 39.3 Å². The Kier molecular flexibility index (Phi) is 6.54. The van der Waals surface area contributed by atoms with E-state index in [0.29, 0.717) is 12.5 Å². The summed E-state index contributed by atoms with van der Waals surface area (Å²) in [5, 5.41) is 3.64. The van der Waals surface area contributed by atoms with Crippen molar-refractivity contribution < 1.29 is 14.3 Å². The molecule has 2 aromatic carbocycles. The Hall–Kier alpha value is -2.86. The molecule has 0 amide bonds. The highest BCUT2D eigenvalue weighted by molar-refractivity contribution is 5.74. The molecule has 3 aromatic rings. The van der Waals surface area contributed by atoms with Crippen LogP contribution < -0.4 is 10.1 Å². The lowest BCUT2D eigenvalue weighted by atomic mass is 10.0. The van der Waals surface area contributed by atoms with Crippen LogP contribution in [0, 0.1) is 19.8 Å². The number of aromatic amines is 1. The summed E-state index contributed by atoms with van der Waals surface area (Å²) in [4.78, 5) is 19.6. The van der Waals surface area contributed by atoms with E-state index in [4.69, 9.17) is 9.72 Å². The van der Waals surface area contributed by atoms with Crippen LogP contribution in [0.3, 0.4) is 0 Å². The molecule has 1 aromatic heterocycles. The molecule has 154 valence electrons. The van der Waals surface area contributed by atoms with E-state index in [1.165, 1.54) is 7.11 Å². The van der Waals surface area contributed by atoms with Gasteiger partial charge in [0, 0.05) is 6.54 Å². The number of para-hydroxylation sites is 2. The summed E-state index contributed by atoms with van der Waals surface area (Å²) in [6.45, 7) is 8.97. The van der Waals surface area contributed by atoms with Gasteiger partial charge in [0.15, 0.2) is 6.61 Å². The van der Waals surface area contributed by atoms with Crippen molar-refractivity contribution in [2.75, 3.05) is 13.7 Å². The van der Waals surface area contributed by atoms with Gasteiger partial charge in [-0.15, -0.1) is 0 Å². The predicted octanol–water partition coefficient (Wildman–Crippen LogP) is 4.22. The van der Waals surface area contributed by atoms with Crippen LogP contribution in [0.2, 0.25) is 0 Å². The van der Waals surface area contributed by atoms with Crippen LogP contribution in [0.4, 0.5) is 0 Å². The molecule has 6 heteroatoms. The summed E-state index contributed by atoms with van der Waals surface area (Å²) in [6.07, 6.45) is 0. The Balaban J connectivity index is 1.73. The molecule has 1 unspecified atom stereocenters. The Morgan fingerprint density at radius 2 is 1.86 bits per heavy atom. The molecule has 0 aliphatic carbocycles. The van der Waals surface area contributed by atoms with Gasteiger partial charge in [-0.3, -0.25) is 0 Å². The van der Waals surface area contributed by atoms with Crippen LogP contribution in [0.25, 0.3) is 11.0 Å². The van der Waals surface area contributed by atoms with Gasteiger partial charge in [0.05, 0.1) is 24.2 Å². The zero-order valence-electron chi connectivity index (χ0n) is 17.7. The lowest BCUT2D eigenvalue weighted by molar-refractivity contribution is -0.142. The fraction of sp³-hybridized carbons (Fsp3) is 0.391. The van der Waals surface area contributed by atoms with Gasteiger partial charge in [0.1, 0.15) is 11.6 Å². The highest BCUT2D eigenvalue weighted by Gasteiger charge is 2.19. The maximum absolute atomic E-state index is 11.3. The Labute approximate surface area is 171 Å². The van der Waals surface area contributed by atoms with Gasteiger partial charge < -0.3 is 19.8 Å². The third-order valence-corrected chi connectivity index (χ3v) is 4.98. The number of H-pyrrole nitrogens is 1. The van der Waals surface area contributed by atoms with Gasteiger partial charge in [-0.2, -0.15) is 0 Å². The Morgan fingerprint density at radius 3 is 2.48 bits per heavy atom. The largest absolute Gasteiger partial charge is 0.481 e. The fourth-order valence-electron chi connectivity index (χ4n) is 3.56. The zero-order chi connectivity index (χ0) is 21.0. The van der Waals surface area contributed by atoms with Crippen molar-refractivity contribution in [2.45, 2.75) is 40.3 Å². The zero-order valence-corrected chi connectivity index (χ0v) is 17.7. The first-order valence-electron chi connectivity index (χ1n) is 9.86. The van der Waals surface area contributed by atoms with Crippen molar-refractivity contribution in [1.82, 2.24) is 15.3 Å². The number of carbonyl (C=O) groups excluding carboxylic acids is 1. The van der Waals surface area contributed by atoms with Crippen LogP contribution in [0.1, 0.15) is 42.4 Å². The van der Waals surface area contributed by atoms with Crippen molar-refractivity contribution in [3.63, 3.8) is 0 Å².